The van der Waals surface area contributed by atoms with Crippen LogP contribution in [-0.4, -0.2) is 4.75 Å². The van der Waals surface area contributed by atoms with Gasteiger partial charge >= 0.3 is 0 Å². The van der Waals surface area contributed by atoms with Crippen LogP contribution >= 0.6 is 7.84 Å². The highest BCUT2D eigenvalue weighted by atomic mass is 31.1. The summed E-state index contributed by atoms with van der Waals surface area (Å²) < 4.78 is 3.47. The van der Waals surface area contributed by atoms with E-state index in [9.17, 15) is 0 Å². The van der Waals surface area contributed by atoms with Crippen molar-refractivity contribution in [2.45, 2.75) is 24.3 Å². The summed E-state index contributed by atoms with van der Waals surface area (Å²) in [5, 5.41) is 5.42. The Bertz CT molecular complexity index is 311. The van der Waals surface area contributed by atoms with Crippen LogP contribution in [0.4, 0.5) is 0 Å². The van der Waals surface area contributed by atoms with Gasteiger partial charge in [-0.05, 0) is 12.8 Å². The van der Waals surface area contributed by atoms with E-state index in [0.717, 1.165) is 5.92 Å². The predicted octanol–water partition coefficient (Wildman–Crippen LogP) is 1.64. The lowest BCUT2D eigenvalue weighted by molar-refractivity contribution is 0.163. The molecule has 0 amide bonds. The van der Waals surface area contributed by atoms with Crippen LogP contribution in [0.5, 0.6) is 0 Å². The Morgan fingerprint density at radius 2 is 2.67 bits per heavy atom. The zero-order valence-corrected chi connectivity index (χ0v) is 5.83. The molecule has 1 spiro atoms. The van der Waals surface area contributed by atoms with E-state index in [-0.39, 0.29) is 7.84 Å². The largest absolute Gasteiger partial charge is 0.336 e. The molecule has 0 radical (unpaired) electrons. The minimum atomic E-state index is 0.0677. The monoisotopic (exact) mass is 138 g/mol. The fourth-order valence-electron chi connectivity index (χ4n) is 2.57. The molecule has 1 saturated carbocycles. The van der Waals surface area contributed by atoms with Crippen LogP contribution in [-0.2, 0) is 5.54 Å². The molecule has 2 unspecified atom stereocenters. The molecule has 9 heavy (non-hydrogen) atoms. The zero-order chi connectivity index (χ0) is 5.64. The minimum absolute atomic E-state index is 0.0677. The summed E-state index contributed by atoms with van der Waals surface area (Å²) >= 11 is 0. The summed E-state index contributed by atoms with van der Waals surface area (Å²) in [7, 11) is 0.0677. The highest BCUT2D eigenvalue weighted by Crippen LogP contribution is 2.78. The number of aromatic nitrogens is 1. The van der Waals surface area contributed by atoms with Gasteiger partial charge in [-0.15, -0.1) is 0 Å². The van der Waals surface area contributed by atoms with Crippen LogP contribution < -0.4 is 5.09 Å². The SMILES string of the molecule is C1CC23Np4[nH]c(c42)[C@H]13. The predicted molar refractivity (Wildman–Crippen MR) is 36.5 cm³/mol. The van der Waals surface area contributed by atoms with Gasteiger partial charge in [0.15, 0.2) is 0 Å². The van der Waals surface area contributed by atoms with Gasteiger partial charge in [-0.3, -0.25) is 0 Å². The molecule has 0 saturated heterocycles. The third-order valence-electron chi connectivity index (χ3n) is 3.22. The molecule has 2 N–H and O–H groups in total. The molecule has 2 aliphatic carbocycles. The van der Waals surface area contributed by atoms with Crippen LogP contribution in [0, 0.1) is 0 Å². The molecule has 3 heteroatoms. The van der Waals surface area contributed by atoms with Gasteiger partial charge in [0.05, 0.1) is 5.54 Å². The second-order valence-electron chi connectivity index (χ2n) is 3.38. The van der Waals surface area contributed by atoms with E-state index in [1.165, 1.54) is 12.8 Å². The first-order chi connectivity index (χ1) is 4.42. The lowest BCUT2D eigenvalue weighted by Gasteiger charge is -2.68. The van der Waals surface area contributed by atoms with Crippen molar-refractivity contribution in [3.8, 4) is 0 Å². The average Bonchev–Trinajstić information content (AvgIpc) is 1.74. The van der Waals surface area contributed by atoms with Gasteiger partial charge in [-0.1, -0.05) is 0 Å². The van der Waals surface area contributed by atoms with Crippen molar-refractivity contribution in [1.82, 2.24) is 4.75 Å². The van der Waals surface area contributed by atoms with Crippen molar-refractivity contribution in [2.75, 3.05) is 5.09 Å². The van der Waals surface area contributed by atoms with Crippen LogP contribution in [0.3, 0.4) is 0 Å². The van der Waals surface area contributed by atoms with E-state index in [1.807, 2.05) is 0 Å². The maximum atomic E-state index is 3.62. The van der Waals surface area contributed by atoms with Gasteiger partial charge in [0.1, 0.15) is 0 Å². The Labute approximate surface area is 53.8 Å². The molecular formula is C6H7N2P. The van der Waals surface area contributed by atoms with Crippen LogP contribution in [0.25, 0.3) is 0 Å². The first-order valence-corrected chi connectivity index (χ1v) is 4.85. The molecule has 4 rings (SSSR count). The third-order valence-corrected chi connectivity index (χ3v) is 5.39. The van der Waals surface area contributed by atoms with Gasteiger partial charge in [-0.25, -0.2) is 5.09 Å². The van der Waals surface area contributed by atoms with Crippen LogP contribution in [0.2, 0.25) is 0 Å². The van der Waals surface area contributed by atoms with Gasteiger partial charge in [0.25, 0.3) is 0 Å². The lowest BCUT2D eigenvalue weighted by Crippen LogP contribution is -2.64. The van der Waals surface area contributed by atoms with Crippen molar-refractivity contribution >= 4 is 7.84 Å². The summed E-state index contributed by atoms with van der Waals surface area (Å²) in [6.45, 7) is 0. The summed E-state index contributed by atoms with van der Waals surface area (Å²) in [5.74, 6) is 0.931. The smallest absolute Gasteiger partial charge is 0.0683 e. The highest BCUT2D eigenvalue weighted by Gasteiger charge is 2.68. The Morgan fingerprint density at radius 3 is 2.89 bits per heavy atom. The van der Waals surface area contributed by atoms with E-state index in [1.54, 1.807) is 11.0 Å². The van der Waals surface area contributed by atoms with Gasteiger partial charge in [-0.2, -0.15) is 0 Å². The van der Waals surface area contributed by atoms with E-state index >= 15 is 0 Å². The van der Waals surface area contributed by atoms with E-state index in [4.69, 9.17) is 0 Å². The molecule has 46 valence electrons. The van der Waals surface area contributed by atoms with E-state index in [2.05, 4.69) is 9.83 Å². The van der Waals surface area contributed by atoms with Crippen LogP contribution in [0.15, 0.2) is 0 Å². The number of nitrogens with one attached hydrogen (secondary N) is 2. The number of aromatic amines is 1. The minimum Gasteiger partial charge on any atom is -0.336 e. The second kappa shape index (κ2) is 0.759. The highest BCUT2D eigenvalue weighted by molar-refractivity contribution is 7.51. The van der Waals surface area contributed by atoms with Crippen LogP contribution in [0.1, 0.15) is 29.7 Å². The second-order valence-corrected chi connectivity index (χ2v) is 4.95. The maximum absolute atomic E-state index is 3.62. The standard InChI is InChI=1S/C6H7N2P/c1-2-6-3(1)4-5(6)9(7-4)8-6/h3,7-8H,1-2H2/t3-,6?,9?/m0/s1. The molecule has 3 atom stereocenters. The number of fused-ring (bicyclic) bond motifs is 1. The average molecular weight is 138 g/mol. The fourth-order valence-corrected chi connectivity index (χ4v) is 4.98. The topological polar surface area (TPSA) is 27.8 Å². The normalized spacial score (nSPS) is 50.2. The van der Waals surface area contributed by atoms with Gasteiger partial charge < -0.3 is 4.75 Å². The molecular weight excluding hydrogens is 131 g/mol. The van der Waals surface area contributed by atoms with Crippen molar-refractivity contribution in [1.29, 1.82) is 0 Å². The maximum Gasteiger partial charge on any atom is 0.0683 e. The number of hydrogen-bond donors (Lipinski definition) is 2. The van der Waals surface area contributed by atoms with Crippen molar-refractivity contribution < 1.29 is 0 Å². The summed E-state index contributed by atoms with van der Waals surface area (Å²) in [5.41, 5.74) is 2.25. The number of hydrogen-bond acceptors (Lipinski definition) is 1. The quantitative estimate of drug-likeness (QED) is 0.560. The van der Waals surface area contributed by atoms with Crippen molar-refractivity contribution in [2.24, 2.45) is 0 Å². The molecule has 1 aliphatic heterocycles. The Hall–Kier alpha value is -0.200. The molecule has 1 aromatic heterocycles. The van der Waals surface area contributed by atoms with Crippen molar-refractivity contribution in [3.63, 3.8) is 0 Å². The van der Waals surface area contributed by atoms with Gasteiger partial charge in [0.2, 0.25) is 0 Å². The fraction of sp³-hybridized carbons (Fsp3) is 0.667. The first-order valence-electron chi connectivity index (χ1n) is 3.51. The molecule has 0 bridgehead atoms. The Morgan fingerprint density at radius 1 is 1.67 bits per heavy atom. The number of rotatable bonds is 0. The molecule has 2 heterocycles. The lowest BCUT2D eigenvalue weighted by atomic mass is 9.55. The zero-order valence-electron chi connectivity index (χ0n) is 4.94. The van der Waals surface area contributed by atoms with E-state index < -0.39 is 0 Å². The van der Waals surface area contributed by atoms with Gasteiger partial charge in [0, 0.05) is 24.7 Å². The number of H-pyrrole nitrogens is 1. The molecule has 3 aliphatic rings. The van der Waals surface area contributed by atoms with E-state index in [0.29, 0.717) is 5.54 Å². The molecule has 2 nitrogen and oxygen atoms in total. The Balaban J connectivity index is 2.16. The molecule has 1 aromatic rings. The summed E-state index contributed by atoms with van der Waals surface area (Å²) in [6, 6.07) is 0. The molecule has 0 aromatic carbocycles. The summed E-state index contributed by atoms with van der Waals surface area (Å²) in [4.78, 5) is 0. The first kappa shape index (κ1) is 3.85. The molecule has 1 fully saturated rings. The third kappa shape index (κ3) is 0.174. The summed E-state index contributed by atoms with van der Waals surface area (Å²) in [6.07, 6.45) is 2.86. The van der Waals surface area contributed by atoms with Crippen molar-refractivity contribution in [3.05, 3.63) is 11.0 Å². The Kier molecular flexibility index (Phi) is 0.324.